The predicted molar refractivity (Wildman–Crippen MR) is 119 cm³/mol. The van der Waals surface area contributed by atoms with Crippen LogP contribution in [0.15, 0.2) is 66.7 Å². The number of benzene rings is 4. The molecule has 0 spiro atoms. The number of rotatable bonds is 0. The van der Waals surface area contributed by atoms with E-state index in [4.69, 9.17) is 4.98 Å². The van der Waals surface area contributed by atoms with Crippen LogP contribution in [-0.4, -0.2) is 9.38 Å². The van der Waals surface area contributed by atoms with Gasteiger partial charge in [0.2, 0.25) is 0 Å². The van der Waals surface area contributed by atoms with Gasteiger partial charge in [-0.15, -0.1) is 0 Å². The van der Waals surface area contributed by atoms with Crippen LogP contribution in [0.25, 0.3) is 49.1 Å². The average Bonchev–Trinajstić information content (AvgIpc) is 3.21. The predicted octanol–water partition coefficient (Wildman–Crippen LogP) is 5.56. The van der Waals surface area contributed by atoms with Crippen LogP contribution >= 0.6 is 0 Å². The molecule has 6 rings (SSSR count). The second-order valence-electron chi connectivity index (χ2n) is 7.41. The lowest BCUT2D eigenvalue weighted by Gasteiger charge is -2.13. The zero-order valence-electron chi connectivity index (χ0n) is 16.1. The molecule has 140 valence electrons. The van der Waals surface area contributed by atoms with E-state index >= 15 is 0 Å². The summed E-state index contributed by atoms with van der Waals surface area (Å²) in [5.74, 6) is 0. The fourth-order valence-electron chi connectivity index (χ4n) is 4.52. The molecule has 6 aromatic rings. The van der Waals surface area contributed by atoms with E-state index in [0.717, 1.165) is 38.2 Å². The van der Waals surface area contributed by atoms with E-state index in [1.807, 2.05) is 59.0 Å². The van der Waals surface area contributed by atoms with Crippen LogP contribution in [0.2, 0.25) is 0 Å². The highest BCUT2D eigenvalue weighted by molar-refractivity contribution is 6.19. The van der Waals surface area contributed by atoms with E-state index in [9.17, 15) is 15.8 Å². The van der Waals surface area contributed by atoms with Gasteiger partial charge >= 0.3 is 0 Å². The standard InChI is InChI=1S/C26H11N5/c27-12-17-11-24-25(21(14-29)20(17)13-28)18-9-15-5-1-2-6-16(15)10-19(18)26-30-22-7-3-4-8-23(22)31(24)26/h1-11H. The largest absolute Gasteiger partial charge is 0.292 e. The van der Waals surface area contributed by atoms with Crippen molar-refractivity contribution in [3.05, 3.63) is 83.4 Å². The molecule has 0 fully saturated rings. The number of para-hydroxylation sites is 2. The number of nitrogens with zero attached hydrogens (tertiary/aromatic N) is 5. The molecule has 0 bridgehead atoms. The van der Waals surface area contributed by atoms with E-state index in [1.54, 1.807) is 6.07 Å². The van der Waals surface area contributed by atoms with Crippen molar-refractivity contribution in [3.63, 3.8) is 0 Å². The van der Waals surface area contributed by atoms with Crippen molar-refractivity contribution in [2.45, 2.75) is 0 Å². The SMILES string of the molecule is N#Cc1cc2c(c(C#N)c1C#N)c1cc3ccccc3cc1c1nc3ccccc3n21. The van der Waals surface area contributed by atoms with Crippen LogP contribution in [-0.2, 0) is 0 Å². The highest BCUT2D eigenvalue weighted by atomic mass is 15.0. The minimum absolute atomic E-state index is 0.107. The van der Waals surface area contributed by atoms with Crippen molar-refractivity contribution in [2.75, 3.05) is 0 Å². The summed E-state index contributed by atoms with van der Waals surface area (Å²) in [5.41, 5.74) is 3.67. The van der Waals surface area contributed by atoms with Gasteiger partial charge in [-0.2, -0.15) is 15.8 Å². The molecular weight excluding hydrogens is 382 g/mol. The Labute approximate surface area is 176 Å². The van der Waals surface area contributed by atoms with E-state index in [1.165, 1.54) is 0 Å². The first-order valence-electron chi connectivity index (χ1n) is 9.68. The maximum atomic E-state index is 10.0. The molecule has 5 nitrogen and oxygen atoms in total. The van der Waals surface area contributed by atoms with Crippen molar-refractivity contribution in [3.8, 4) is 18.2 Å². The minimum atomic E-state index is 0.107. The monoisotopic (exact) mass is 393 g/mol. The smallest absolute Gasteiger partial charge is 0.146 e. The summed E-state index contributed by atoms with van der Waals surface area (Å²) >= 11 is 0. The van der Waals surface area contributed by atoms with Crippen LogP contribution in [0.3, 0.4) is 0 Å². The zero-order chi connectivity index (χ0) is 21.1. The van der Waals surface area contributed by atoms with Gasteiger partial charge in [0.05, 0.1) is 33.2 Å². The number of fused-ring (bicyclic) bond motifs is 9. The Kier molecular flexibility index (Phi) is 3.31. The molecule has 4 aromatic carbocycles. The molecule has 5 heteroatoms. The molecule has 0 saturated heterocycles. The molecule has 2 heterocycles. The first-order chi connectivity index (χ1) is 15.2. The molecule has 0 aliphatic heterocycles. The van der Waals surface area contributed by atoms with Crippen LogP contribution in [0.1, 0.15) is 16.7 Å². The molecule has 0 aliphatic rings. The van der Waals surface area contributed by atoms with E-state index in [2.05, 4.69) is 24.3 Å². The number of hydrogen-bond acceptors (Lipinski definition) is 4. The third kappa shape index (κ3) is 2.14. The fraction of sp³-hybridized carbons (Fsp3) is 0. The lowest BCUT2D eigenvalue weighted by molar-refractivity contribution is 1.30. The quantitative estimate of drug-likeness (QED) is 0.249. The Morgan fingerprint density at radius 1 is 0.677 bits per heavy atom. The molecule has 0 aliphatic carbocycles. The Bertz CT molecular complexity index is 1870. The van der Waals surface area contributed by atoms with E-state index in [0.29, 0.717) is 10.9 Å². The molecular formula is C26H11N5. The number of hydrogen-bond donors (Lipinski definition) is 0. The topological polar surface area (TPSA) is 88.7 Å². The van der Waals surface area contributed by atoms with Gasteiger partial charge in [0.25, 0.3) is 0 Å². The highest BCUT2D eigenvalue weighted by Gasteiger charge is 2.21. The molecule has 0 radical (unpaired) electrons. The number of nitriles is 3. The summed E-state index contributed by atoms with van der Waals surface area (Å²) in [4.78, 5) is 4.89. The van der Waals surface area contributed by atoms with Crippen molar-refractivity contribution >= 4 is 49.1 Å². The Morgan fingerprint density at radius 2 is 1.35 bits per heavy atom. The first-order valence-corrected chi connectivity index (χ1v) is 9.68. The average molecular weight is 393 g/mol. The van der Waals surface area contributed by atoms with Gasteiger partial charge in [-0.3, -0.25) is 4.40 Å². The van der Waals surface area contributed by atoms with Crippen molar-refractivity contribution in [1.29, 1.82) is 15.8 Å². The van der Waals surface area contributed by atoms with Gasteiger partial charge in [-0.1, -0.05) is 36.4 Å². The van der Waals surface area contributed by atoms with Gasteiger partial charge in [-0.25, -0.2) is 4.98 Å². The van der Waals surface area contributed by atoms with Crippen molar-refractivity contribution < 1.29 is 0 Å². The Hall–Kier alpha value is -4.92. The highest BCUT2D eigenvalue weighted by Crippen LogP contribution is 2.38. The van der Waals surface area contributed by atoms with Crippen LogP contribution in [0, 0.1) is 34.0 Å². The summed E-state index contributed by atoms with van der Waals surface area (Å²) in [5, 5.41) is 34.0. The molecule has 2 aromatic heterocycles. The van der Waals surface area contributed by atoms with E-state index in [-0.39, 0.29) is 16.7 Å². The normalized spacial score (nSPS) is 11.1. The van der Waals surface area contributed by atoms with Crippen molar-refractivity contribution in [2.24, 2.45) is 0 Å². The van der Waals surface area contributed by atoms with Crippen LogP contribution < -0.4 is 0 Å². The van der Waals surface area contributed by atoms with Gasteiger partial charge < -0.3 is 0 Å². The van der Waals surface area contributed by atoms with Gasteiger partial charge in [0, 0.05) is 10.8 Å². The molecule has 31 heavy (non-hydrogen) atoms. The Balaban J connectivity index is 2.05. The summed E-state index contributed by atoms with van der Waals surface area (Å²) in [6, 6.07) is 28.0. The molecule has 0 unspecified atom stereocenters. The second kappa shape index (κ2) is 6.04. The maximum absolute atomic E-state index is 10.0. The summed E-state index contributed by atoms with van der Waals surface area (Å²) < 4.78 is 1.99. The summed E-state index contributed by atoms with van der Waals surface area (Å²) in [7, 11) is 0. The zero-order valence-corrected chi connectivity index (χ0v) is 16.1. The van der Waals surface area contributed by atoms with E-state index < -0.39 is 0 Å². The lowest BCUT2D eigenvalue weighted by Crippen LogP contribution is -1.99. The number of aromatic nitrogens is 2. The van der Waals surface area contributed by atoms with Crippen LogP contribution in [0.5, 0.6) is 0 Å². The second-order valence-corrected chi connectivity index (χ2v) is 7.41. The number of pyridine rings is 1. The first kappa shape index (κ1) is 17.0. The number of imidazole rings is 1. The van der Waals surface area contributed by atoms with Gasteiger partial charge in [0.15, 0.2) is 0 Å². The van der Waals surface area contributed by atoms with Crippen molar-refractivity contribution in [1.82, 2.24) is 9.38 Å². The summed E-state index contributed by atoms with van der Waals surface area (Å²) in [6.45, 7) is 0. The van der Waals surface area contributed by atoms with Gasteiger partial charge in [-0.05, 0) is 46.5 Å². The lowest BCUT2D eigenvalue weighted by atomic mass is 9.93. The molecule has 0 amide bonds. The van der Waals surface area contributed by atoms with Gasteiger partial charge in [0.1, 0.15) is 23.9 Å². The Morgan fingerprint density at radius 3 is 2.06 bits per heavy atom. The molecule has 0 atom stereocenters. The van der Waals surface area contributed by atoms with Crippen LogP contribution in [0.4, 0.5) is 0 Å². The molecule has 0 N–H and O–H groups in total. The minimum Gasteiger partial charge on any atom is -0.292 e. The molecule has 0 saturated carbocycles. The maximum Gasteiger partial charge on any atom is 0.146 e. The third-order valence-electron chi connectivity index (χ3n) is 5.85. The fourth-order valence-corrected chi connectivity index (χ4v) is 4.52. The third-order valence-corrected chi connectivity index (χ3v) is 5.85. The summed E-state index contributed by atoms with van der Waals surface area (Å²) in [6.07, 6.45) is 0.